The summed E-state index contributed by atoms with van der Waals surface area (Å²) in [4.78, 5) is 13.6. The number of fused-ring (bicyclic) bond motifs is 2. The van der Waals surface area contributed by atoms with Crippen molar-refractivity contribution in [3.05, 3.63) is 83.4 Å². The van der Waals surface area contributed by atoms with Crippen LogP contribution < -0.4 is 19.1 Å². The van der Waals surface area contributed by atoms with Crippen molar-refractivity contribution in [2.45, 2.75) is 56.1 Å². The SMILES string of the molecule is CC[C@@H](NC(=O)[C@H]1CN(S(=O)(=O)c2ccc(OC)cc2)c2ccccc2O1)c1ccc2c(c1)CCCC2. The number of rotatable bonds is 7. The number of carbonyl (C=O) groups excluding carboxylic acids is 1. The lowest BCUT2D eigenvalue weighted by Crippen LogP contribution is -2.51. The van der Waals surface area contributed by atoms with E-state index in [1.54, 1.807) is 36.4 Å². The molecule has 0 saturated heterocycles. The van der Waals surface area contributed by atoms with Gasteiger partial charge in [-0.2, -0.15) is 0 Å². The summed E-state index contributed by atoms with van der Waals surface area (Å²) < 4.78 is 39.8. The summed E-state index contributed by atoms with van der Waals surface area (Å²) in [5.74, 6) is 0.577. The third-order valence-corrected chi connectivity index (χ3v) is 8.97. The van der Waals surface area contributed by atoms with Crippen molar-refractivity contribution in [3.63, 3.8) is 0 Å². The number of amides is 1. The van der Waals surface area contributed by atoms with E-state index in [1.165, 1.54) is 47.5 Å². The minimum absolute atomic E-state index is 0.115. The minimum Gasteiger partial charge on any atom is -0.497 e. The highest BCUT2D eigenvalue weighted by Crippen LogP contribution is 2.37. The van der Waals surface area contributed by atoms with Gasteiger partial charge in [-0.25, -0.2) is 8.42 Å². The number of ether oxygens (including phenoxy) is 2. The van der Waals surface area contributed by atoms with Crippen molar-refractivity contribution in [1.82, 2.24) is 5.32 Å². The highest BCUT2D eigenvalue weighted by molar-refractivity contribution is 7.92. The van der Waals surface area contributed by atoms with E-state index in [9.17, 15) is 13.2 Å². The molecule has 5 rings (SSSR count). The predicted molar refractivity (Wildman–Crippen MR) is 143 cm³/mol. The molecule has 37 heavy (non-hydrogen) atoms. The Morgan fingerprint density at radius 1 is 1.05 bits per heavy atom. The maximum Gasteiger partial charge on any atom is 0.264 e. The van der Waals surface area contributed by atoms with Crippen molar-refractivity contribution in [3.8, 4) is 11.5 Å². The number of nitrogens with one attached hydrogen (secondary N) is 1. The first-order valence-electron chi connectivity index (χ1n) is 12.7. The largest absolute Gasteiger partial charge is 0.497 e. The Kier molecular flexibility index (Phi) is 7.11. The van der Waals surface area contributed by atoms with Crippen LogP contribution in [0.3, 0.4) is 0 Å². The monoisotopic (exact) mass is 520 g/mol. The fourth-order valence-corrected chi connectivity index (χ4v) is 6.57. The number of para-hydroxylation sites is 2. The maximum atomic E-state index is 13.7. The van der Waals surface area contributed by atoms with E-state index in [0.29, 0.717) is 23.6 Å². The fourth-order valence-electron chi connectivity index (χ4n) is 5.10. The first kappa shape index (κ1) is 25.1. The zero-order chi connectivity index (χ0) is 26.0. The third kappa shape index (κ3) is 5.03. The van der Waals surface area contributed by atoms with Gasteiger partial charge < -0.3 is 14.8 Å². The van der Waals surface area contributed by atoms with Gasteiger partial charge in [-0.05, 0) is 85.2 Å². The van der Waals surface area contributed by atoms with Crippen molar-refractivity contribution < 1.29 is 22.7 Å². The van der Waals surface area contributed by atoms with Gasteiger partial charge in [0.2, 0.25) is 0 Å². The summed E-state index contributed by atoms with van der Waals surface area (Å²) in [6, 6.07) is 19.4. The average Bonchev–Trinajstić information content (AvgIpc) is 2.94. The highest BCUT2D eigenvalue weighted by Gasteiger charge is 2.38. The van der Waals surface area contributed by atoms with Crippen molar-refractivity contribution in [2.24, 2.45) is 0 Å². The van der Waals surface area contributed by atoms with Crippen LogP contribution in [0.15, 0.2) is 71.6 Å². The standard InChI is InChI=1S/C29H32N2O5S/c1-3-25(22-13-12-20-8-4-5-9-21(20)18-22)30-29(32)28-19-31(26-10-6-7-11-27(26)36-28)37(33,34)24-16-14-23(35-2)15-17-24/h6-7,10-18,25,28H,3-5,8-9,19H2,1-2H3,(H,30,32)/t25-,28-/m1/s1. The predicted octanol–water partition coefficient (Wildman–Crippen LogP) is 4.80. The van der Waals surface area contributed by atoms with Crippen LogP contribution in [-0.4, -0.2) is 34.1 Å². The maximum absolute atomic E-state index is 13.7. The lowest BCUT2D eigenvalue weighted by Gasteiger charge is -2.35. The third-order valence-electron chi connectivity index (χ3n) is 7.17. The first-order chi connectivity index (χ1) is 17.9. The Balaban J connectivity index is 1.40. The highest BCUT2D eigenvalue weighted by atomic mass is 32.2. The molecule has 2 atom stereocenters. The van der Waals surface area contributed by atoms with E-state index in [0.717, 1.165) is 18.4 Å². The van der Waals surface area contributed by atoms with E-state index >= 15 is 0 Å². The van der Waals surface area contributed by atoms with Gasteiger partial charge >= 0.3 is 0 Å². The summed E-state index contributed by atoms with van der Waals surface area (Å²) in [5, 5.41) is 3.12. The average molecular weight is 521 g/mol. The van der Waals surface area contributed by atoms with Gasteiger partial charge in [-0.15, -0.1) is 0 Å². The van der Waals surface area contributed by atoms with E-state index in [4.69, 9.17) is 9.47 Å². The van der Waals surface area contributed by atoms with Crippen molar-refractivity contribution in [2.75, 3.05) is 18.0 Å². The second-order valence-electron chi connectivity index (χ2n) is 9.49. The molecule has 1 aliphatic carbocycles. The number of benzene rings is 3. The zero-order valence-corrected chi connectivity index (χ0v) is 22.0. The molecule has 1 heterocycles. The van der Waals surface area contributed by atoms with Crippen LogP contribution in [0.25, 0.3) is 0 Å². The topological polar surface area (TPSA) is 84.9 Å². The molecule has 0 spiro atoms. The number of hydrogen-bond acceptors (Lipinski definition) is 5. The molecular weight excluding hydrogens is 488 g/mol. The Morgan fingerprint density at radius 2 is 1.78 bits per heavy atom. The van der Waals surface area contributed by atoms with Crippen LogP contribution in [-0.2, 0) is 27.7 Å². The normalized spacial score (nSPS) is 17.7. The number of aryl methyl sites for hydroxylation is 2. The van der Waals surface area contributed by atoms with Crippen LogP contribution in [0.2, 0.25) is 0 Å². The number of carbonyl (C=O) groups is 1. The minimum atomic E-state index is -3.95. The Hall–Kier alpha value is -3.52. The molecule has 7 nitrogen and oxygen atoms in total. The van der Waals surface area contributed by atoms with Gasteiger partial charge in [0.1, 0.15) is 11.5 Å². The smallest absolute Gasteiger partial charge is 0.264 e. The summed E-state index contributed by atoms with van der Waals surface area (Å²) >= 11 is 0. The van der Waals surface area contributed by atoms with Crippen LogP contribution in [0.1, 0.15) is 48.9 Å². The molecule has 194 valence electrons. The molecule has 8 heteroatoms. The molecule has 3 aromatic rings. The fraction of sp³-hybridized carbons (Fsp3) is 0.345. The van der Waals surface area contributed by atoms with Crippen LogP contribution in [0.4, 0.5) is 5.69 Å². The molecule has 0 unspecified atom stereocenters. The molecule has 0 radical (unpaired) electrons. The van der Waals surface area contributed by atoms with E-state index < -0.39 is 16.1 Å². The number of sulfonamides is 1. The molecule has 0 saturated carbocycles. The van der Waals surface area contributed by atoms with Gasteiger partial charge in [-0.3, -0.25) is 9.10 Å². The summed E-state index contributed by atoms with van der Waals surface area (Å²) in [6.45, 7) is 1.90. The lowest BCUT2D eigenvalue weighted by molar-refractivity contribution is -0.128. The number of methoxy groups -OCH3 is 1. The molecule has 1 N–H and O–H groups in total. The number of hydrogen-bond donors (Lipinski definition) is 1. The molecule has 0 bridgehead atoms. The van der Waals surface area contributed by atoms with E-state index in [-0.39, 0.29) is 23.4 Å². The first-order valence-corrected chi connectivity index (χ1v) is 14.2. The molecule has 0 aromatic heterocycles. The Bertz CT molecular complexity index is 1390. The van der Waals surface area contributed by atoms with Crippen LogP contribution >= 0.6 is 0 Å². The zero-order valence-electron chi connectivity index (χ0n) is 21.1. The second kappa shape index (κ2) is 10.5. The summed E-state index contributed by atoms with van der Waals surface area (Å²) in [7, 11) is -2.42. The summed E-state index contributed by atoms with van der Waals surface area (Å²) in [5.41, 5.74) is 4.22. The molecule has 2 aliphatic rings. The second-order valence-corrected chi connectivity index (χ2v) is 11.4. The van der Waals surface area contributed by atoms with Gasteiger partial charge in [0.15, 0.2) is 6.10 Å². The molecule has 1 amide bonds. The number of nitrogens with zero attached hydrogens (tertiary/aromatic N) is 1. The molecule has 3 aromatic carbocycles. The van der Waals surface area contributed by atoms with Gasteiger partial charge in [-0.1, -0.05) is 37.3 Å². The van der Waals surface area contributed by atoms with Crippen molar-refractivity contribution >= 4 is 21.6 Å². The van der Waals surface area contributed by atoms with Gasteiger partial charge in [0.05, 0.1) is 30.3 Å². The number of anilines is 1. The quantitative estimate of drug-likeness (QED) is 0.484. The van der Waals surface area contributed by atoms with E-state index in [2.05, 4.69) is 23.5 Å². The van der Waals surface area contributed by atoms with Crippen LogP contribution in [0, 0.1) is 0 Å². The Morgan fingerprint density at radius 3 is 2.51 bits per heavy atom. The Labute approximate surface area is 218 Å². The molecule has 1 aliphatic heterocycles. The van der Waals surface area contributed by atoms with Crippen LogP contribution in [0.5, 0.6) is 11.5 Å². The van der Waals surface area contributed by atoms with E-state index in [1.807, 2.05) is 6.92 Å². The molecular formula is C29H32N2O5S. The van der Waals surface area contributed by atoms with Crippen molar-refractivity contribution in [1.29, 1.82) is 0 Å². The van der Waals surface area contributed by atoms with Gasteiger partial charge in [0, 0.05) is 0 Å². The van der Waals surface area contributed by atoms with Gasteiger partial charge in [0.25, 0.3) is 15.9 Å². The lowest BCUT2D eigenvalue weighted by atomic mass is 9.88. The summed E-state index contributed by atoms with van der Waals surface area (Å²) in [6.07, 6.45) is 4.29. The molecule has 0 fully saturated rings.